The minimum absolute atomic E-state index is 0.393. The van der Waals surface area contributed by atoms with Crippen LogP contribution < -0.4 is 10.2 Å². The van der Waals surface area contributed by atoms with Gasteiger partial charge in [-0.2, -0.15) is 10.1 Å². The number of anilines is 3. The fraction of sp³-hybridized carbons (Fsp3) is 0.308. The van der Waals surface area contributed by atoms with Gasteiger partial charge in [-0.15, -0.1) is 5.10 Å². The van der Waals surface area contributed by atoms with Crippen molar-refractivity contribution in [2.24, 2.45) is 0 Å². The molecular formula is C13H13Cl2N5. The Labute approximate surface area is 126 Å². The minimum atomic E-state index is 0.393. The third-order valence-corrected chi connectivity index (χ3v) is 3.81. The summed E-state index contributed by atoms with van der Waals surface area (Å²) in [6, 6.07) is 5.30. The van der Waals surface area contributed by atoms with Crippen LogP contribution in [-0.2, 0) is 0 Å². The number of halogens is 2. The smallest absolute Gasteiger partial charge is 0.249 e. The van der Waals surface area contributed by atoms with Crippen molar-refractivity contribution in [1.29, 1.82) is 0 Å². The topological polar surface area (TPSA) is 53.9 Å². The molecule has 1 saturated heterocycles. The van der Waals surface area contributed by atoms with Crippen molar-refractivity contribution in [1.82, 2.24) is 15.2 Å². The van der Waals surface area contributed by atoms with Gasteiger partial charge in [-0.3, -0.25) is 0 Å². The van der Waals surface area contributed by atoms with E-state index < -0.39 is 0 Å². The van der Waals surface area contributed by atoms with Crippen LogP contribution in [0.25, 0.3) is 0 Å². The lowest BCUT2D eigenvalue weighted by atomic mass is 10.3. The van der Waals surface area contributed by atoms with E-state index in [2.05, 4.69) is 25.4 Å². The molecule has 5 nitrogen and oxygen atoms in total. The molecule has 0 bridgehead atoms. The van der Waals surface area contributed by atoms with E-state index in [0.717, 1.165) is 18.9 Å². The standard InChI is InChI=1S/C13H13Cl2N5/c14-9-4-3-5-10(15)12(9)18-13-17-11(8-16-19-13)20-6-1-2-7-20/h3-5,8H,1-2,6-7H2,(H,17,18,19). The van der Waals surface area contributed by atoms with E-state index in [1.165, 1.54) is 12.8 Å². The van der Waals surface area contributed by atoms with Crippen LogP contribution in [0.3, 0.4) is 0 Å². The number of hydrogen-bond acceptors (Lipinski definition) is 5. The lowest BCUT2D eigenvalue weighted by molar-refractivity contribution is 0.890. The second kappa shape index (κ2) is 5.81. The molecule has 7 heteroatoms. The van der Waals surface area contributed by atoms with Gasteiger partial charge in [0.25, 0.3) is 0 Å². The molecule has 0 spiro atoms. The largest absolute Gasteiger partial charge is 0.355 e. The van der Waals surface area contributed by atoms with Crippen LogP contribution in [0.5, 0.6) is 0 Å². The fourth-order valence-electron chi connectivity index (χ4n) is 2.18. The highest BCUT2D eigenvalue weighted by Gasteiger charge is 2.15. The van der Waals surface area contributed by atoms with Crippen LogP contribution >= 0.6 is 23.2 Å². The first-order chi connectivity index (χ1) is 9.74. The van der Waals surface area contributed by atoms with E-state index in [1.54, 1.807) is 24.4 Å². The number of para-hydroxylation sites is 1. The van der Waals surface area contributed by atoms with Crippen LogP contribution in [-0.4, -0.2) is 28.3 Å². The maximum absolute atomic E-state index is 6.11. The second-order valence-electron chi connectivity index (χ2n) is 4.55. The third-order valence-electron chi connectivity index (χ3n) is 3.18. The van der Waals surface area contributed by atoms with Crippen molar-refractivity contribution in [3.63, 3.8) is 0 Å². The molecule has 3 rings (SSSR count). The van der Waals surface area contributed by atoms with Gasteiger partial charge >= 0.3 is 0 Å². The van der Waals surface area contributed by atoms with Crippen molar-refractivity contribution in [2.45, 2.75) is 12.8 Å². The highest BCUT2D eigenvalue weighted by atomic mass is 35.5. The summed E-state index contributed by atoms with van der Waals surface area (Å²) in [6.45, 7) is 2.01. The van der Waals surface area contributed by atoms with Crippen LogP contribution in [0.4, 0.5) is 17.5 Å². The van der Waals surface area contributed by atoms with E-state index in [4.69, 9.17) is 23.2 Å². The summed E-state index contributed by atoms with van der Waals surface area (Å²) in [5.41, 5.74) is 0.594. The molecule has 0 amide bonds. The average molecular weight is 310 g/mol. The van der Waals surface area contributed by atoms with Crippen LogP contribution in [0.15, 0.2) is 24.4 Å². The molecule has 1 fully saturated rings. The van der Waals surface area contributed by atoms with Gasteiger partial charge in [-0.25, -0.2) is 0 Å². The van der Waals surface area contributed by atoms with Gasteiger partial charge in [-0.05, 0) is 25.0 Å². The number of nitrogens with one attached hydrogen (secondary N) is 1. The molecule has 1 aromatic carbocycles. The van der Waals surface area contributed by atoms with Gasteiger partial charge in [0.1, 0.15) is 0 Å². The Kier molecular flexibility index (Phi) is 3.89. The van der Waals surface area contributed by atoms with E-state index in [9.17, 15) is 0 Å². The highest BCUT2D eigenvalue weighted by molar-refractivity contribution is 6.39. The third kappa shape index (κ3) is 2.78. The highest BCUT2D eigenvalue weighted by Crippen LogP contribution is 2.31. The molecular weight excluding hydrogens is 297 g/mol. The van der Waals surface area contributed by atoms with E-state index >= 15 is 0 Å². The molecule has 1 aromatic heterocycles. The van der Waals surface area contributed by atoms with Crippen molar-refractivity contribution >= 4 is 40.7 Å². The zero-order chi connectivity index (χ0) is 13.9. The first kappa shape index (κ1) is 13.4. The Morgan fingerprint density at radius 1 is 1.10 bits per heavy atom. The molecule has 1 N–H and O–H groups in total. The number of aromatic nitrogens is 3. The van der Waals surface area contributed by atoms with Gasteiger partial charge in [-0.1, -0.05) is 29.3 Å². The second-order valence-corrected chi connectivity index (χ2v) is 5.37. The Morgan fingerprint density at radius 2 is 1.80 bits per heavy atom. The molecule has 20 heavy (non-hydrogen) atoms. The number of rotatable bonds is 3. The molecule has 0 aliphatic carbocycles. The van der Waals surface area contributed by atoms with Crippen molar-refractivity contribution < 1.29 is 0 Å². The van der Waals surface area contributed by atoms with E-state index in [1.807, 2.05) is 0 Å². The maximum Gasteiger partial charge on any atom is 0.249 e. The first-order valence-electron chi connectivity index (χ1n) is 6.40. The summed E-state index contributed by atoms with van der Waals surface area (Å²) < 4.78 is 0. The van der Waals surface area contributed by atoms with Crippen LogP contribution in [0, 0.1) is 0 Å². The zero-order valence-corrected chi connectivity index (χ0v) is 12.2. The quantitative estimate of drug-likeness (QED) is 0.940. The number of hydrogen-bond donors (Lipinski definition) is 1. The lowest BCUT2D eigenvalue weighted by Crippen LogP contribution is -2.20. The molecule has 104 valence electrons. The van der Waals surface area contributed by atoms with Gasteiger partial charge in [0.2, 0.25) is 5.95 Å². The molecule has 0 unspecified atom stereocenters. The molecule has 2 aromatic rings. The number of benzene rings is 1. The Morgan fingerprint density at radius 3 is 2.50 bits per heavy atom. The maximum atomic E-state index is 6.11. The molecule has 2 heterocycles. The Balaban J connectivity index is 1.85. The van der Waals surface area contributed by atoms with Gasteiger partial charge in [0, 0.05) is 13.1 Å². The SMILES string of the molecule is Clc1cccc(Cl)c1Nc1nncc(N2CCCC2)n1. The Hall–Kier alpha value is -1.59. The molecule has 1 aliphatic heterocycles. The summed E-state index contributed by atoms with van der Waals surface area (Å²) in [5, 5.41) is 12.0. The summed E-state index contributed by atoms with van der Waals surface area (Å²) in [5.74, 6) is 1.22. The minimum Gasteiger partial charge on any atom is -0.355 e. The van der Waals surface area contributed by atoms with Crippen molar-refractivity contribution in [3.8, 4) is 0 Å². The van der Waals surface area contributed by atoms with Crippen LogP contribution in [0.2, 0.25) is 10.0 Å². The zero-order valence-electron chi connectivity index (χ0n) is 10.7. The summed E-state index contributed by atoms with van der Waals surface area (Å²) >= 11 is 12.2. The monoisotopic (exact) mass is 309 g/mol. The van der Waals surface area contributed by atoms with Gasteiger partial charge in [0.05, 0.1) is 21.9 Å². The molecule has 0 atom stereocenters. The van der Waals surface area contributed by atoms with Crippen LogP contribution in [0.1, 0.15) is 12.8 Å². The van der Waals surface area contributed by atoms with Gasteiger partial charge in [0.15, 0.2) is 5.82 Å². The summed E-state index contributed by atoms with van der Waals surface area (Å²) in [6.07, 6.45) is 4.04. The van der Waals surface area contributed by atoms with Crippen molar-refractivity contribution in [2.75, 3.05) is 23.3 Å². The molecule has 1 aliphatic rings. The fourth-order valence-corrected chi connectivity index (χ4v) is 2.67. The molecule has 0 saturated carbocycles. The van der Waals surface area contributed by atoms with Crippen molar-refractivity contribution in [3.05, 3.63) is 34.4 Å². The lowest BCUT2D eigenvalue weighted by Gasteiger charge is -2.16. The van der Waals surface area contributed by atoms with Gasteiger partial charge < -0.3 is 10.2 Å². The first-order valence-corrected chi connectivity index (χ1v) is 7.15. The molecule has 0 radical (unpaired) electrons. The predicted molar refractivity (Wildman–Crippen MR) is 81.0 cm³/mol. The average Bonchev–Trinajstić information content (AvgIpc) is 2.98. The summed E-state index contributed by atoms with van der Waals surface area (Å²) in [4.78, 5) is 6.64. The summed E-state index contributed by atoms with van der Waals surface area (Å²) in [7, 11) is 0. The Bertz CT molecular complexity index is 593. The van der Waals surface area contributed by atoms with E-state index in [-0.39, 0.29) is 0 Å². The predicted octanol–water partition coefficient (Wildman–Crippen LogP) is 3.52. The number of nitrogens with zero attached hydrogens (tertiary/aromatic N) is 4. The van der Waals surface area contributed by atoms with E-state index in [0.29, 0.717) is 21.7 Å². The normalized spacial score (nSPS) is 14.6.